The Morgan fingerprint density at radius 1 is 1.25 bits per heavy atom. The maximum Gasteiger partial charge on any atom is 0.302 e. The van der Waals surface area contributed by atoms with E-state index in [0.717, 1.165) is 0 Å². The summed E-state index contributed by atoms with van der Waals surface area (Å²) < 4.78 is 15.7. The second-order valence-electron chi connectivity index (χ2n) is 5.36. The molecular weight excluding hydrogens is 353 g/mol. The Bertz CT molecular complexity index is 825. The third-order valence-electron chi connectivity index (χ3n) is 3.76. The van der Waals surface area contributed by atoms with E-state index in [1.54, 1.807) is 30.7 Å². The third kappa shape index (κ3) is 2.69. The fraction of sp³-hybridized carbons (Fsp3) is 0.267. The van der Waals surface area contributed by atoms with Crippen LogP contribution in [-0.4, -0.2) is 37.0 Å². The van der Waals surface area contributed by atoms with E-state index >= 15 is 0 Å². The Hall–Kier alpha value is -1.93. The minimum Gasteiger partial charge on any atom is -0.335 e. The molecule has 2 aromatic heterocycles. The Balaban J connectivity index is 1.71. The molecule has 0 bridgehead atoms. The van der Waals surface area contributed by atoms with Gasteiger partial charge in [-0.25, -0.2) is 9.97 Å². The van der Waals surface area contributed by atoms with E-state index in [2.05, 4.69) is 15.1 Å². The molecule has 124 valence electrons. The summed E-state index contributed by atoms with van der Waals surface area (Å²) in [5.41, 5.74) is 0.618. The summed E-state index contributed by atoms with van der Waals surface area (Å²) in [5, 5.41) is 5.15. The number of imidazole rings is 1. The summed E-state index contributed by atoms with van der Waals surface area (Å²) in [4.78, 5) is 8.03. The van der Waals surface area contributed by atoms with E-state index < -0.39 is 5.91 Å². The largest absolute Gasteiger partial charge is 0.335 e. The number of aromatic nitrogens is 5. The highest BCUT2D eigenvalue weighted by Crippen LogP contribution is 2.40. The van der Waals surface area contributed by atoms with E-state index in [-0.39, 0.29) is 6.10 Å². The lowest BCUT2D eigenvalue weighted by Gasteiger charge is -2.29. The van der Waals surface area contributed by atoms with Gasteiger partial charge in [0.2, 0.25) is 0 Å². The van der Waals surface area contributed by atoms with Crippen LogP contribution in [0.4, 0.5) is 0 Å². The molecule has 0 unspecified atom stereocenters. The molecule has 0 aliphatic carbocycles. The number of hydrogen-bond donors (Lipinski definition) is 0. The Labute approximate surface area is 147 Å². The Morgan fingerprint density at radius 3 is 2.88 bits per heavy atom. The van der Waals surface area contributed by atoms with E-state index in [1.807, 2.05) is 10.8 Å². The van der Waals surface area contributed by atoms with Crippen molar-refractivity contribution in [2.75, 3.05) is 6.61 Å². The number of halogens is 2. The zero-order valence-electron chi connectivity index (χ0n) is 12.4. The van der Waals surface area contributed by atoms with Crippen molar-refractivity contribution in [3.05, 3.63) is 65.2 Å². The predicted octanol–water partition coefficient (Wildman–Crippen LogP) is 2.56. The highest BCUT2D eigenvalue weighted by atomic mass is 35.5. The van der Waals surface area contributed by atoms with Crippen LogP contribution < -0.4 is 0 Å². The van der Waals surface area contributed by atoms with Crippen molar-refractivity contribution in [1.29, 1.82) is 0 Å². The number of hydrogen-bond acceptors (Lipinski definition) is 5. The number of nitrogens with zero attached hydrogens (tertiary/aromatic N) is 5. The zero-order valence-corrected chi connectivity index (χ0v) is 13.9. The second-order valence-corrected chi connectivity index (χ2v) is 6.20. The summed E-state index contributed by atoms with van der Waals surface area (Å²) >= 11 is 12.4. The van der Waals surface area contributed by atoms with E-state index in [1.165, 1.54) is 17.3 Å². The first-order valence-electron chi connectivity index (χ1n) is 7.25. The first kappa shape index (κ1) is 15.6. The van der Waals surface area contributed by atoms with Gasteiger partial charge >= 0.3 is 5.91 Å². The average Bonchev–Trinajstić information content (AvgIpc) is 3.29. The van der Waals surface area contributed by atoms with Crippen molar-refractivity contribution in [1.82, 2.24) is 24.3 Å². The van der Waals surface area contributed by atoms with Crippen LogP contribution in [0, 0.1) is 0 Å². The average molecular weight is 366 g/mol. The molecule has 7 nitrogen and oxygen atoms in total. The van der Waals surface area contributed by atoms with Crippen molar-refractivity contribution >= 4 is 23.2 Å². The van der Waals surface area contributed by atoms with Crippen LogP contribution in [0.5, 0.6) is 0 Å². The van der Waals surface area contributed by atoms with Gasteiger partial charge in [-0.3, -0.25) is 0 Å². The zero-order chi connectivity index (χ0) is 16.6. The van der Waals surface area contributed by atoms with Gasteiger partial charge in [0.05, 0.1) is 30.1 Å². The molecule has 0 amide bonds. The number of benzene rings is 1. The molecular formula is C15H13Cl2N5O2. The molecule has 9 heteroatoms. The highest BCUT2D eigenvalue weighted by molar-refractivity contribution is 6.35. The summed E-state index contributed by atoms with van der Waals surface area (Å²) in [7, 11) is 0. The van der Waals surface area contributed by atoms with Crippen LogP contribution in [0.15, 0.2) is 49.6 Å². The SMILES string of the molecule is Clc1ccc([C@@]2(n3cncn3)OC[C@H](Cn3ccnc3)O2)c(Cl)c1. The standard InChI is InChI=1S/C15H13Cl2N5O2/c16-11-1-2-13(14(17)5-11)15(22-10-19-8-20-22)23-7-12(24-15)6-21-4-3-18-9-21/h1-5,8-10,12H,6-7H2/t12-,15+/m0/s1. The molecule has 0 spiro atoms. The van der Waals surface area contributed by atoms with Gasteiger partial charge < -0.3 is 14.0 Å². The molecule has 2 atom stereocenters. The molecule has 1 aromatic carbocycles. The third-order valence-corrected chi connectivity index (χ3v) is 4.30. The van der Waals surface area contributed by atoms with E-state index in [9.17, 15) is 0 Å². The topological polar surface area (TPSA) is 67.0 Å². The van der Waals surface area contributed by atoms with Crippen molar-refractivity contribution in [3.8, 4) is 0 Å². The van der Waals surface area contributed by atoms with E-state index in [4.69, 9.17) is 32.7 Å². The smallest absolute Gasteiger partial charge is 0.302 e. The van der Waals surface area contributed by atoms with Crippen LogP contribution in [0.1, 0.15) is 5.56 Å². The molecule has 3 aromatic rings. The van der Waals surface area contributed by atoms with Gasteiger partial charge in [0.25, 0.3) is 0 Å². The summed E-state index contributed by atoms with van der Waals surface area (Å²) in [5.74, 6) is -1.27. The van der Waals surface area contributed by atoms with Gasteiger partial charge in [-0.05, 0) is 18.2 Å². The quantitative estimate of drug-likeness (QED) is 0.710. The second kappa shape index (κ2) is 6.18. The monoisotopic (exact) mass is 365 g/mol. The molecule has 24 heavy (non-hydrogen) atoms. The highest BCUT2D eigenvalue weighted by Gasteiger charge is 2.47. The van der Waals surface area contributed by atoms with Gasteiger partial charge in [-0.1, -0.05) is 23.2 Å². The maximum absolute atomic E-state index is 6.39. The van der Waals surface area contributed by atoms with Crippen molar-refractivity contribution in [2.45, 2.75) is 18.6 Å². The molecule has 0 radical (unpaired) electrons. The summed E-state index contributed by atoms with van der Waals surface area (Å²) in [6.07, 6.45) is 8.07. The van der Waals surface area contributed by atoms with Crippen LogP contribution in [0.25, 0.3) is 0 Å². The lowest BCUT2D eigenvalue weighted by Crippen LogP contribution is -2.38. The molecule has 0 N–H and O–H groups in total. The van der Waals surface area contributed by atoms with E-state index in [0.29, 0.717) is 28.8 Å². The van der Waals surface area contributed by atoms with Crippen molar-refractivity contribution in [3.63, 3.8) is 0 Å². The lowest BCUT2D eigenvalue weighted by molar-refractivity contribution is -0.207. The molecule has 3 heterocycles. The van der Waals surface area contributed by atoms with Crippen molar-refractivity contribution < 1.29 is 9.47 Å². The van der Waals surface area contributed by atoms with Crippen LogP contribution in [0.3, 0.4) is 0 Å². The maximum atomic E-state index is 6.39. The fourth-order valence-corrected chi connectivity index (χ4v) is 3.24. The van der Waals surface area contributed by atoms with Gasteiger partial charge in [-0.15, -0.1) is 0 Å². The van der Waals surface area contributed by atoms with Crippen LogP contribution in [0.2, 0.25) is 10.0 Å². The predicted molar refractivity (Wildman–Crippen MR) is 86.6 cm³/mol. The fourth-order valence-electron chi connectivity index (χ4n) is 2.71. The molecule has 0 saturated carbocycles. The Kier molecular flexibility index (Phi) is 4.01. The lowest BCUT2D eigenvalue weighted by atomic mass is 10.1. The first-order chi connectivity index (χ1) is 11.7. The normalized spacial score (nSPS) is 23.7. The minimum absolute atomic E-state index is 0.199. The molecule has 1 aliphatic heterocycles. The molecule has 1 aliphatic rings. The molecule has 1 fully saturated rings. The van der Waals surface area contributed by atoms with Crippen LogP contribution in [-0.2, 0) is 21.9 Å². The Morgan fingerprint density at radius 2 is 2.17 bits per heavy atom. The van der Waals surface area contributed by atoms with Gasteiger partial charge in [0, 0.05) is 17.4 Å². The number of ether oxygens (including phenoxy) is 2. The minimum atomic E-state index is -1.27. The summed E-state index contributed by atoms with van der Waals surface area (Å²) in [6.45, 7) is 0.971. The van der Waals surface area contributed by atoms with Gasteiger partial charge in [-0.2, -0.15) is 9.78 Å². The van der Waals surface area contributed by atoms with Gasteiger partial charge in [0.15, 0.2) is 0 Å². The van der Waals surface area contributed by atoms with Crippen molar-refractivity contribution in [2.24, 2.45) is 0 Å². The summed E-state index contributed by atoms with van der Waals surface area (Å²) in [6, 6.07) is 5.15. The molecule has 4 rings (SSSR count). The first-order valence-corrected chi connectivity index (χ1v) is 8.01. The van der Waals surface area contributed by atoms with Crippen LogP contribution >= 0.6 is 23.2 Å². The van der Waals surface area contributed by atoms with Gasteiger partial charge in [0.1, 0.15) is 18.8 Å². The molecule has 1 saturated heterocycles. The number of rotatable bonds is 4.